The molecule has 0 fully saturated rings. The molecule has 138 valence electrons. The van der Waals surface area contributed by atoms with Crippen LogP contribution in [0.25, 0.3) is 0 Å². The lowest BCUT2D eigenvalue weighted by molar-refractivity contribution is -0.331. The van der Waals surface area contributed by atoms with Gasteiger partial charge in [-0.3, -0.25) is 0 Å². The molecule has 0 aliphatic carbocycles. The number of alkyl halides is 8. The topological polar surface area (TPSA) is 17.1 Å². The molecule has 0 radical (unpaired) electrons. The number of hydrogen-bond acceptors (Lipinski definition) is 1. The third-order valence-electron chi connectivity index (χ3n) is 2.88. The predicted octanol–water partition coefficient (Wildman–Crippen LogP) is 6.96. The van der Waals surface area contributed by atoms with Crippen LogP contribution >= 0.6 is 47.8 Å². The standard InChI is InChI=1S/C12H8Br3F7OS/c1-2-6(14)9-7(15)3-5(13)4-8(9)24(23)12(21,22)10(16,17)11(18,19)20/h3-4,6H,2H2,1H3. The van der Waals surface area contributed by atoms with Crippen LogP contribution in [0.3, 0.4) is 0 Å². The highest BCUT2D eigenvalue weighted by Crippen LogP contribution is 2.51. The molecular formula is C12H8Br3F7OS. The maximum Gasteiger partial charge on any atom is 0.461 e. The maximum absolute atomic E-state index is 13.8. The summed E-state index contributed by atoms with van der Waals surface area (Å²) in [6.07, 6.45) is -6.26. The summed E-state index contributed by atoms with van der Waals surface area (Å²) in [6.45, 7) is 1.61. The first-order chi connectivity index (χ1) is 10.7. The summed E-state index contributed by atoms with van der Waals surface area (Å²) in [4.78, 5) is -1.51. The van der Waals surface area contributed by atoms with Gasteiger partial charge in [-0.2, -0.15) is 30.7 Å². The molecule has 0 amide bonds. The summed E-state index contributed by atoms with van der Waals surface area (Å²) in [5.41, 5.74) is -0.0864. The summed E-state index contributed by atoms with van der Waals surface area (Å²) in [7, 11) is -3.96. The monoisotopic (exact) mass is 570 g/mol. The molecule has 2 unspecified atom stereocenters. The third kappa shape index (κ3) is 4.01. The molecule has 1 rings (SSSR count). The minimum atomic E-state index is -6.55. The van der Waals surface area contributed by atoms with Crippen LogP contribution in [0.15, 0.2) is 26.0 Å². The molecule has 1 aromatic carbocycles. The molecule has 1 nitrogen and oxygen atoms in total. The van der Waals surface area contributed by atoms with E-state index in [9.17, 15) is 34.9 Å². The fourth-order valence-electron chi connectivity index (χ4n) is 1.64. The van der Waals surface area contributed by atoms with Crippen molar-refractivity contribution >= 4 is 58.6 Å². The van der Waals surface area contributed by atoms with Gasteiger partial charge in [-0.1, -0.05) is 54.7 Å². The molecule has 0 aliphatic rings. The van der Waals surface area contributed by atoms with Crippen molar-refractivity contribution in [2.24, 2.45) is 0 Å². The van der Waals surface area contributed by atoms with Crippen molar-refractivity contribution in [2.45, 2.75) is 40.4 Å². The first kappa shape index (κ1) is 22.4. The zero-order valence-corrected chi connectivity index (χ0v) is 17.1. The predicted molar refractivity (Wildman–Crippen MR) is 86.2 cm³/mol. The summed E-state index contributed by atoms with van der Waals surface area (Å²) >= 11 is 9.03. The van der Waals surface area contributed by atoms with Gasteiger partial charge in [-0.25, -0.2) is 4.21 Å². The molecule has 2 atom stereocenters. The lowest BCUT2D eigenvalue weighted by atomic mass is 10.1. The Labute approximate surface area is 160 Å². The fourth-order valence-corrected chi connectivity index (χ4v) is 5.69. The lowest BCUT2D eigenvalue weighted by Gasteiger charge is -2.28. The molecule has 0 spiro atoms. The van der Waals surface area contributed by atoms with E-state index in [-0.39, 0.29) is 20.9 Å². The van der Waals surface area contributed by atoms with Crippen LogP contribution in [0, 0.1) is 0 Å². The van der Waals surface area contributed by atoms with Crippen LogP contribution in [0.5, 0.6) is 0 Å². The van der Waals surface area contributed by atoms with Gasteiger partial charge in [0, 0.05) is 13.8 Å². The highest BCUT2D eigenvalue weighted by Gasteiger charge is 2.76. The van der Waals surface area contributed by atoms with Crippen molar-refractivity contribution < 1.29 is 34.9 Å². The van der Waals surface area contributed by atoms with Crippen LogP contribution in [-0.4, -0.2) is 21.6 Å². The van der Waals surface area contributed by atoms with Gasteiger partial charge in [0.1, 0.15) is 10.8 Å². The minimum absolute atomic E-state index is 0.0864. The normalized spacial score (nSPS) is 16.1. The van der Waals surface area contributed by atoms with E-state index in [2.05, 4.69) is 47.8 Å². The second-order valence-electron chi connectivity index (χ2n) is 4.53. The maximum atomic E-state index is 13.8. The second kappa shape index (κ2) is 7.51. The van der Waals surface area contributed by atoms with Gasteiger partial charge in [-0.15, -0.1) is 0 Å². The van der Waals surface area contributed by atoms with E-state index in [0.29, 0.717) is 0 Å². The Morgan fingerprint density at radius 2 is 1.58 bits per heavy atom. The van der Waals surface area contributed by atoms with E-state index >= 15 is 0 Å². The largest absolute Gasteiger partial charge is 0.461 e. The van der Waals surface area contributed by atoms with Gasteiger partial charge in [0.25, 0.3) is 0 Å². The third-order valence-corrected chi connectivity index (χ3v) is 6.56. The zero-order chi connectivity index (χ0) is 19.1. The van der Waals surface area contributed by atoms with Crippen molar-refractivity contribution in [2.75, 3.05) is 0 Å². The zero-order valence-electron chi connectivity index (χ0n) is 11.5. The van der Waals surface area contributed by atoms with Crippen molar-refractivity contribution in [1.29, 1.82) is 0 Å². The van der Waals surface area contributed by atoms with E-state index in [0.717, 1.165) is 6.07 Å². The smallest absolute Gasteiger partial charge is 0.248 e. The highest BCUT2D eigenvalue weighted by molar-refractivity contribution is 9.11. The molecule has 24 heavy (non-hydrogen) atoms. The Hall–Kier alpha value is 0.320. The van der Waals surface area contributed by atoms with Gasteiger partial charge < -0.3 is 0 Å². The van der Waals surface area contributed by atoms with Gasteiger partial charge in [0.15, 0.2) is 0 Å². The van der Waals surface area contributed by atoms with Crippen LogP contribution in [0.2, 0.25) is 0 Å². The van der Waals surface area contributed by atoms with Gasteiger partial charge in [0.2, 0.25) is 0 Å². The molecule has 0 aliphatic heterocycles. The molecular weight excluding hydrogens is 565 g/mol. The Morgan fingerprint density at radius 3 is 2.00 bits per heavy atom. The van der Waals surface area contributed by atoms with E-state index in [1.165, 1.54) is 6.07 Å². The quantitative estimate of drug-likeness (QED) is 0.275. The van der Waals surface area contributed by atoms with Crippen molar-refractivity contribution in [3.63, 3.8) is 0 Å². The SMILES string of the molecule is CCC(Br)c1c(Br)cc(Br)cc1S(=O)C(F)(F)C(F)(F)C(F)(F)F. The van der Waals surface area contributed by atoms with E-state index in [1.807, 2.05) is 0 Å². The minimum Gasteiger partial charge on any atom is -0.248 e. The van der Waals surface area contributed by atoms with Crippen molar-refractivity contribution in [3.05, 3.63) is 26.6 Å². The molecule has 12 heteroatoms. The Kier molecular flexibility index (Phi) is 7.00. The Morgan fingerprint density at radius 1 is 1.08 bits per heavy atom. The Bertz CT molecular complexity index is 648. The lowest BCUT2D eigenvalue weighted by Crippen LogP contribution is -2.54. The highest BCUT2D eigenvalue weighted by atomic mass is 79.9. The molecule has 0 N–H and O–H groups in total. The molecule has 0 bridgehead atoms. The Balaban J connectivity index is 3.59. The average Bonchev–Trinajstić information content (AvgIpc) is 2.43. The number of benzene rings is 1. The number of rotatable bonds is 5. The summed E-state index contributed by atoms with van der Waals surface area (Å²) in [6, 6.07) is 2.21. The van der Waals surface area contributed by atoms with Crippen LogP contribution in [0.4, 0.5) is 30.7 Å². The summed E-state index contributed by atoms with van der Waals surface area (Å²) < 4.78 is 103. The fraction of sp³-hybridized carbons (Fsp3) is 0.500. The first-order valence-electron chi connectivity index (χ1n) is 6.05. The van der Waals surface area contributed by atoms with Gasteiger partial charge in [0.05, 0.1) is 4.90 Å². The van der Waals surface area contributed by atoms with E-state index in [4.69, 9.17) is 0 Å². The van der Waals surface area contributed by atoms with Gasteiger partial charge in [-0.05, 0) is 24.1 Å². The molecule has 1 aromatic rings. The number of halogens is 10. The number of hydrogen-bond donors (Lipinski definition) is 0. The summed E-state index contributed by atoms with van der Waals surface area (Å²) in [5.74, 6) is -6.45. The van der Waals surface area contributed by atoms with E-state index in [1.54, 1.807) is 6.92 Å². The van der Waals surface area contributed by atoms with Crippen molar-refractivity contribution in [1.82, 2.24) is 0 Å². The summed E-state index contributed by atoms with van der Waals surface area (Å²) in [5, 5.41) is -5.85. The first-order valence-corrected chi connectivity index (χ1v) is 9.70. The van der Waals surface area contributed by atoms with Crippen LogP contribution < -0.4 is 0 Å². The molecule has 0 heterocycles. The molecule has 0 aromatic heterocycles. The van der Waals surface area contributed by atoms with Gasteiger partial charge >= 0.3 is 17.4 Å². The second-order valence-corrected chi connectivity index (χ2v) is 8.90. The van der Waals surface area contributed by atoms with E-state index < -0.39 is 37.9 Å². The molecule has 0 saturated heterocycles. The average molecular weight is 573 g/mol. The van der Waals surface area contributed by atoms with Crippen LogP contribution in [0.1, 0.15) is 23.7 Å². The van der Waals surface area contributed by atoms with Crippen molar-refractivity contribution in [3.8, 4) is 0 Å². The molecule has 0 saturated carbocycles. The van der Waals surface area contributed by atoms with Crippen LogP contribution in [-0.2, 0) is 10.8 Å².